The minimum atomic E-state index is -0.0732. The van der Waals surface area contributed by atoms with Crippen molar-refractivity contribution < 1.29 is 0 Å². The SMILES string of the molecule is NCCc1cc(=O)n2ccc(Br)cc2n1. The fraction of sp³-hybridized carbons (Fsp3) is 0.200. The molecular formula is C10H10BrN3O. The summed E-state index contributed by atoms with van der Waals surface area (Å²) in [5.74, 6) is 0. The largest absolute Gasteiger partial charge is 0.330 e. The number of pyridine rings is 1. The summed E-state index contributed by atoms with van der Waals surface area (Å²) in [7, 11) is 0. The van der Waals surface area contributed by atoms with E-state index in [0.29, 0.717) is 18.6 Å². The van der Waals surface area contributed by atoms with Gasteiger partial charge in [0.1, 0.15) is 5.65 Å². The van der Waals surface area contributed by atoms with Crippen LogP contribution in [0.3, 0.4) is 0 Å². The van der Waals surface area contributed by atoms with Crippen LogP contribution < -0.4 is 11.3 Å². The topological polar surface area (TPSA) is 60.4 Å². The maximum Gasteiger partial charge on any atom is 0.258 e. The lowest BCUT2D eigenvalue weighted by Gasteiger charge is -2.02. The number of hydrogen-bond donors (Lipinski definition) is 1. The molecule has 0 amide bonds. The van der Waals surface area contributed by atoms with Crippen LogP contribution >= 0.6 is 15.9 Å². The van der Waals surface area contributed by atoms with Crippen molar-refractivity contribution in [3.8, 4) is 0 Å². The molecule has 2 aromatic heterocycles. The summed E-state index contributed by atoms with van der Waals surface area (Å²) in [5.41, 5.74) is 6.73. The number of halogens is 1. The Hall–Kier alpha value is -1.20. The van der Waals surface area contributed by atoms with E-state index in [1.807, 2.05) is 0 Å². The second-order valence-corrected chi connectivity index (χ2v) is 4.11. The second-order valence-electron chi connectivity index (χ2n) is 3.20. The summed E-state index contributed by atoms with van der Waals surface area (Å²) < 4.78 is 2.41. The van der Waals surface area contributed by atoms with Gasteiger partial charge in [0.2, 0.25) is 0 Å². The molecule has 2 heterocycles. The van der Waals surface area contributed by atoms with Crippen molar-refractivity contribution >= 4 is 21.6 Å². The molecule has 2 aromatic rings. The van der Waals surface area contributed by atoms with E-state index in [4.69, 9.17) is 5.73 Å². The fourth-order valence-corrected chi connectivity index (χ4v) is 1.73. The molecule has 2 rings (SSSR count). The Morgan fingerprint density at radius 2 is 2.27 bits per heavy atom. The summed E-state index contributed by atoms with van der Waals surface area (Å²) in [4.78, 5) is 16.0. The van der Waals surface area contributed by atoms with Gasteiger partial charge >= 0.3 is 0 Å². The van der Waals surface area contributed by atoms with E-state index >= 15 is 0 Å². The first-order chi connectivity index (χ1) is 7.20. The van der Waals surface area contributed by atoms with E-state index in [2.05, 4.69) is 20.9 Å². The molecule has 15 heavy (non-hydrogen) atoms. The average molecular weight is 268 g/mol. The van der Waals surface area contributed by atoms with Crippen LogP contribution in [0.25, 0.3) is 5.65 Å². The molecule has 0 aliphatic heterocycles. The molecule has 2 N–H and O–H groups in total. The zero-order chi connectivity index (χ0) is 10.8. The Kier molecular flexibility index (Phi) is 2.83. The quantitative estimate of drug-likeness (QED) is 0.882. The predicted molar refractivity (Wildman–Crippen MR) is 61.9 cm³/mol. The van der Waals surface area contributed by atoms with E-state index in [1.54, 1.807) is 18.3 Å². The number of fused-ring (bicyclic) bond motifs is 1. The first kappa shape index (κ1) is 10.3. The van der Waals surface area contributed by atoms with Crippen LogP contribution in [0, 0.1) is 0 Å². The van der Waals surface area contributed by atoms with Gasteiger partial charge in [0.25, 0.3) is 5.56 Å². The highest BCUT2D eigenvalue weighted by Crippen LogP contribution is 2.10. The van der Waals surface area contributed by atoms with Crippen LogP contribution in [-0.4, -0.2) is 15.9 Å². The normalized spacial score (nSPS) is 10.8. The Bertz CT molecular complexity index is 550. The van der Waals surface area contributed by atoms with Crippen molar-refractivity contribution in [2.75, 3.05) is 6.54 Å². The first-order valence-corrected chi connectivity index (χ1v) is 5.38. The van der Waals surface area contributed by atoms with Gasteiger partial charge in [-0.15, -0.1) is 0 Å². The van der Waals surface area contributed by atoms with Crippen molar-refractivity contribution in [1.82, 2.24) is 9.38 Å². The number of hydrogen-bond acceptors (Lipinski definition) is 3. The van der Waals surface area contributed by atoms with E-state index in [9.17, 15) is 4.79 Å². The molecule has 5 heteroatoms. The van der Waals surface area contributed by atoms with Gasteiger partial charge in [-0.3, -0.25) is 9.20 Å². The van der Waals surface area contributed by atoms with Crippen LogP contribution in [0.1, 0.15) is 5.69 Å². The molecule has 0 aliphatic rings. The van der Waals surface area contributed by atoms with Gasteiger partial charge in [-0.1, -0.05) is 15.9 Å². The highest BCUT2D eigenvalue weighted by molar-refractivity contribution is 9.10. The third-order valence-electron chi connectivity index (χ3n) is 2.08. The first-order valence-electron chi connectivity index (χ1n) is 4.58. The Morgan fingerprint density at radius 1 is 1.47 bits per heavy atom. The molecular weight excluding hydrogens is 258 g/mol. The maximum absolute atomic E-state index is 11.7. The number of rotatable bonds is 2. The van der Waals surface area contributed by atoms with Crippen LogP contribution in [0.5, 0.6) is 0 Å². The summed E-state index contributed by atoms with van der Waals surface area (Å²) in [6.45, 7) is 0.497. The fourth-order valence-electron chi connectivity index (χ4n) is 1.40. The van der Waals surface area contributed by atoms with Gasteiger partial charge in [-0.05, 0) is 18.7 Å². The molecule has 0 unspecified atom stereocenters. The molecule has 0 bridgehead atoms. The Labute approximate surface area is 94.9 Å². The van der Waals surface area contributed by atoms with Crippen molar-refractivity contribution in [1.29, 1.82) is 0 Å². The lowest BCUT2D eigenvalue weighted by molar-refractivity contribution is 0.900. The number of nitrogens with two attached hydrogens (primary N) is 1. The molecule has 0 saturated carbocycles. The third kappa shape index (κ3) is 2.08. The lowest BCUT2D eigenvalue weighted by Crippen LogP contribution is -2.16. The molecule has 0 saturated heterocycles. The Morgan fingerprint density at radius 3 is 3.00 bits per heavy atom. The summed E-state index contributed by atoms with van der Waals surface area (Å²) >= 11 is 3.34. The van der Waals surface area contributed by atoms with Crippen molar-refractivity contribution in [2.45, 2.75) is 6.42 Å². The van der Waals surface area contributed by atoms with Crippen LogP contribution in [0.2, 0.25) is 0 Å². The van der Waals surface area contributed by atoms with E-state index in [-0.39, 0.29) is 5.56 Å². The zero-order valence-electron chi connectivity index (χ0n) is 7.98. The van der Waals surface area contributed by atoms with Crippen LogP contribution in [0.4, 0.5) is 0 Å². The molecule has 0 fully saturated rings. The van der Waals surface area contributed by atoms with E-state index < -0.39 is 0 Å². The minimum absolute atomic E-state index is 0.0732. The average Bonchev–Trinajstić information content (AvgIpc) is 2.17. The standard InChI is InChI=1S/C10H10BrN3O/c11-7-2-4-14-9(5-7)13-8(1-3-12)6-10(14)15/h2,4-6H,1,3,12H2. The highest BCUT2D eigenvalue weighted by Gasteiger charge is 2.01. The van der Waals surface area contributed by atoms with Crippen LogP contribution in [-0.2, 0) is 6.42 Å². The van der Waals surface area contributed by atoms with Gasteiger partial charge in [0.15, 0.2) is 0 Å². The number of nitrogens with zero attached hydrogens (tertiary/aromatic N) is 2. The van der Waals surface area contributed by atoms with E-state index in [0.717, 1.165) is 10.2 Å². The molecule has 4 nitrogen and oxygen atoms in total. The van der Waals surface area contributed by atoms with Crippen molar-refractivity contribution in [3.05, 3.63) is 44.9 Å². The summed E-state index contributed by atoms with van der Waals surface area (Å²) in [5, 5.41) is 0. The lowest BCUT2D eigenvalue weighted by atomic mass is 10.3. The molecule has 0 aliphatic carbocycles. The molecule has 0 aromatic carbocycles. The summed E-state index contributed by atoms with van der Waals surface area (Å²) in [6, 6.07) is 5.13. The van der Waals surface area contributed by atoms with Gasteiger partial charge in [-0.2, -0.15) is 0 Å². The summed E-state index contributed by atoms with van der Waals surface area (Å²) in [6.07, 6.45) is 2.32. The Balaban J connectivity index is 2.68. The molecule has 78 valence electrons. The second kappa shape index (κ2) is 4.12. The molecule has 0 atom stereocenters. The van der Waals surface area contributed by atoms with Crippen molar-refractivity contribution in [3.63, 3.8) is 0 Å². The minimum Gasteiger partial charge on any atom is -0.330 e. The number of aromatic nitrogens is 2. The monoisotopic (exact) mass is 267 g/mol. The van der Waals surface area contributed by atoms with Gasteiger partial charge in [0, 0.05) is 28.9 Å². The third-order valence-corrected chi connectivity index (χ3v) is 2.58. The highest BCUT2D eigenvalue weighted by atomic mass is 79.9. The maximum atomic E-state index is 11.7. The molecule has 0 radical (unpaired) electrons. The van der Waals surface area contributed by atoms with Gasteiger partial charge in [0.05, 0.1) is 0 Å². The van der Waals surface area contributed by atoms with E-state index in [1.165, 1.54) is 10.5 Å². The van der Waals surface area contributed by atoms with Crippen molar-refractivity contribution in [2.24, 2.45) is 5.73 Å². The van der Waals surface area contributed by atoms with Gasteiger partial charge in [-0.25, -0.2) is 4.98 Å². The van der Waals surface area contributed by atoms with Gasteiger partial charge < -0.3 is 5.73 Å². The smallest absolute Gasteiger partial charge is 0.258 e. The zero-order valence-corrected chi connectivity index (χ0v) is 9.57. The van der Waals surface area contributed by atoms with Crippen LogP contribution in [0.15, 0.2) is 33.7 Å². The molecule has 0 spiro atoms. The predicted octanol–water partition coefficient (Wildman–Crippen LogP) is 0.958.